The Balaban J connectivity index is 2.66. The van der Waals surface area contributed by atoms with Crippen molar-refractivity contribution in [3.63, 3.8) is 0 Å². The van der Waals surface area contributed by atoms with Crippen LogP contribution in [0.4, 0.5) is 5.69 Å². The fraction of sp³-hybridized carbons (Fsp3) is 0.273. The van der Waals surface area contributed by atoms with E-state index in [0.29, 0.717) is 27.8 Å². The number of hydrogen-bond acceptors (Lipinski definition) is 3. The van der Waals surface area contributed by atoms with Crippen LogP contribution in [0.1, 0.15) is 12.5 Å². The summed E-state index contributed by atoms with van der Waals surface area (Å²) >= 11 is 10.9. The summed E-state index contributed by atoms with van der Waals surface area (Å²) < 4.78 is 0. The molecule has 0 unspecified atom stereocenters. The van der Waals surface area contributed by atoms with E-state index < -0.39 is 0 Å². The van der Waals surface area contributed by atoms with Crippen LogP contribution in [0.5, 0.6) is 0 Å². The molecule has 1 aromatic rings. The van der Waals surface area contributed by atoms with Crippen molar-refractivity contribution in [1.82, 2.24) is 5.32 Å². The maximum atomic E-state index is 11.2. The van der Waals surface area contributed by atoms with Crippen LogP contribution in [0.15, 0.2) is 18.2 Å². The summed E-state index contributed by atoms with van der Waals surface area (Å²) in [5, 5.41) is 6.10. The molecule has 0 aliphatic heterocycles. The number of nitrogens with one attached hydrogen (secondary N) is 2. The highest BCUT2D eigenvalue weighted by Gasteiger charge is 2.05. The monoisotopic (exact) mass is 271 g/mol. The molecule has 6 heteroatoms. The molecule has 0 saturated carbocycles. The number of halogens is 1. The third-order valence-corrected chi connectivity index (χ3v) is 2.62. The number of nitrogens with two attached hydrogens (primary N) is 1. The Kier molecular flexibility index (Phi) is 5.18. The molecule has 0 saturated heterocycles. The number of hydrogen-bond donors (Lipinski definition) is 3. The van der Waals surface area contributed by atoms with Crippen molar-refractivity contribution in [3.05, 3.63) is 28.8 Å². The van der Waals surface area contributed by atoms with E-state index in [1.807, 2.05) is 6.92 Å². The van der Waals surface area contributed by atoms with Gasteiger partial charge in [0.25, 0.3) is 0 Å². The summed E-state index contributed by atoms with van der Waals surface area (Å²) in [6.07, 6.45) is 0. The van der Waals surface area contributed by atoms with Gasteiger partial charge in [-0.05, 0) is 25.1 Å². The molecule has 0 aliphatic carbocycles. The van der Waals surface area contributed by atoms with Gasteiger partial charge in [0.2, 0.25) is 5.91 Å². The molecule has 0 fully saturated rings. The van der Waals surface area contributed by atoms with Gasteiger partial charge in [-0.1, -0.05) is 23.8 Å². The van der Waals surface area contributed by atoms with Crippen LogP contribution in [0.2, 0.25) is 5.02 Å². The van der Waals surface area contributed by atoms with Crippen molar-refractivity contribution >= 4 is 40.4 Å². The number of likely N-dealkylation sites (N-methyl/N-ethyl adjacent to an activating group) is 1. The van der Waals surface area contributed by atoms with Gasteiger partial charge in [0.1, 0.15) is 4.99 Å². The van der Waals surface area contributed by atoms with E-state index >= 15 is 0 Å². The molecule has 4 N–H and O–H groups in total. The summed E-state index contributed by atoms with van der Waals surface area (Å²) in [5.74, 6) is -0.0815. The minimum atomic E-state index is -0.0815. The van der Waals surface area contributed by atoms with Crippen LogP contribution in [-0.4, -0.2) is 24.0 Å². The van der Waals surface area contributed by atoms with Crippen LogP contribution in [0, 0.1) is 0 Å². The van der Waals surface area contributed by atoms with E-state index in [1.54, 1.807) is 18.2 Å². The third kappa shape index (κ3) is 4.20. The second-order valence-electron chi connectivity index (χ2n) is 3.37. The summed E-state index contributed by atoms with van der Waals surface area (Å²) in [4.78, 5) is 11.5. The molecule has 0 bridgehead atoms. The van der Waals surface area contributed by atoms with Crippen molar-refractivity contribution in [1.29, 1.82) is 0 Å². The first-order valence-corrected chi connectivity index (χ1v) is 5.93. The lowest BCUT2D eigenvalue weighted by Gasteiger charge is -2.09. The van der Waals surface area contributed by atoms with Gasteiger partial charge in [0.15, 0.2) is 0 Å². The van der Waals surface area contributed by atoms with Crippen LogP contribution in [-0.2, 0) is 4.79 Å². The molecule has 0 radical (unpaired) electrons. The number of anilines is 1. The Hall–Kier alpha value is -1.33. The van der Waals surface area contributed by atoms with Crippen molar-refractivity contribution in [3.8, 4) is 0 Å². The van der Waals surface area contributed by atoms with Gasteiger partial charge >= 0.3 is 0 Å². The van der Waals surface area contributed by atoms with E-state index in [9.17, 15) is 4.79 Å². The normalized spacial score (nSPS) is 9.76. The lowest BCUT2D eigenvalue weighted by molar-refractivity contribution is -0.119. The fourth-order valence-electron chi connectivity index (χ4n) is 1.25. The average Bonchev–Trinajstić information content (AvgIpc) is 2.27. The summed E-state index contributed by atoms with van der Waals surface area (Å²) in [5.41, 5.74) is 6.86. The second kappa shape index (κ2) is 6.42. The minimum Gasteiger partial charge on any atom is -0.389 e. The fourth-order valence-corrected chi connectivity index (χ4v) is 1.62. The second-order valence-corrected chi connectivity index (χ2v) is 4.21. The summed E-state index contributed by atoms with van der Waals surface area (Å²) in [6, 6.07) is 5.17. The predicted octanol–water partition coefficient (Wildman–Crippen LogP) is 1.52. The zero-order chi connectivity index (χ0) is 12.8. The first-order chi connectivity index (χ1) is 8.04. The van der Waals surface area contributed by atoms with Gasteiger partial charge in [0.05, 0.1) is 17.3 Å². The first-order valence-electron chi connectivity index (χ1n) is 5.14. The van der Waals surface area contributed by atoms with E-state index in [0.717, 1.165) is 0 Å². The molecule has 1 amide bonds. The van der Waals surface area contributed by atoms with Gasteiger partial charge in [-0.2, -0.15) is 0 Å². The Morgan fingerprint density at radius 2 is 2.24 bits per heavy atom. The standard InChI is InChI=1S/C11H14ClN3OS/c1-2-14-10(16)6-15-9-4-3-7(11(13)17)5-8(9)12/h3-5,15H,2,6H2,1H3,(H2,13,17)(H,14,16). The number of carbonyl (C=O) groups excluding carboxylic acids is 1. The van der Waals surface area contributed by atoms with Crippen LogP contribution >= 0.6 is 23.8 Å². The smallest absolute Gasteiger partial charge is 0.239 e. The first kappa shape index (κ1) is 13.7. The van der Waals surface area contributed by atoms with Gasteiger partial charge in [-0.25, -0.2) is 0 Å². The average molecular weight is 272 g/mol. The van der Waals surface area contributed by atoms with E-state index in [-0.39, 0.29) is 12.5 Å². The lowest BCUT2D eigenvalue weighted by atomic mass is 10.2. The molecule has 1 aromatic carbocycles. The quantitative estimate of drug-likeness (QED) is 0.711. The molecular formula is C11H14ClN3OS. The highest BCUT2D eigenvalue weighted by atomic mass is 35.5. The molecule has 1 rings (SSSR count). The van der Waals surface area contributed by atoms with Crippen LogP contribution in [0.25, 0.3) is 0 Å². The number of carbonyl (C=O) groups is 1. The predicted molar refractivity (Wildman–Crippen MR) is 74.5 cm³/mol. The largest absolute Gasteiger partial charge is 0.389 e. The third-order valence-electron chi connectivity index (χ3n) is 2.07. The van der Waals surface area contributed by atoms with Crippen molar-refractivity contribution in [2.75, 3.05) is 18.4 Å². The van der Waals surface area contributed by atoms with Crippen molar-refractivity contribution in [2.24, 2.45) is 5.73 Å². The SMILES string of the molecule is CCNC(=O)CNc1ccc(C(N)=S)cc1Cl. The van der Waals surface area contributed by atoms with Crippen LogP contribution in [0.3, 0.4) is 0 Å². The summed E-state index contributed by atoms with van der Waals surface area (Å²) in [6.45, 7) is 2.65. The molecule has 4 nitrogen and oxygen atoms in total. The van der Waals surface area contributed by atoms with E-state index in [1.165, 1.54) is 0 Å². The van der Waals surface area contributed by atoms with Gasteiger partial charge in [-0.15, -0.1) is 0 Å². The molecular weight excluding hydrogens is 258 g/mol. The van der Waals surface area contributed by atoms with E-state index in [4.69, 9.17) is 29.6 Å². The highest BCUT2D eigenvalue weighted by molar-refractivity contribution is 7.80. The number of rotatable bonds is 5. The maximum Gasteiger partial charge on any atom is 0.239 e. The zero-order valence-electron chi connectivity index (χ0n) is 9.42. The minimum absolute atomic E-state index is 0.0815. The van der Waals surface area contributed by atoms with E-state index in [2.05, 4.69) is 10.6 Å². The van der Waals surface area contributed by atoms with Gasteiger partial charge in [-0.3, -0.25) is 4.79 Å². The number of benzene rings is 1. The number of amides is 1. The summed E-state index contributed by atoms with van der Waals surface area (Å²) in [7, 11) is 0. The molecule has 0 heterocycles. The zero-order valence-corrected chi connectivity index (χ0v) is 11.0. The molecule has 0 spiro atoms. The van der Waals surface area contributed by atoms with Crippen LogP contribution < -0.4 is 16.4 Å². The molecule has 17 heavy (non-hydrogen) atoms. The Bertz CT molecular complexity index is 437. The molecule has 92 valence electrons. The van der Waals surface area contributed by atoms with Crippen molar-refractivity contribution < 1.29 is 4.79 Å². The maximum absolute atomic E-state index is 11.2. The van der Waals surface area contributed by atoms with Gasteiger partial charge in [0, 0.05) is 12.1 Å². The molecule has 0 aromatic heterocycles. The Morgan fingerprint density at radius 3 is 2.76 bits per heavy atom. The van der Waals surface area contributed by atoms with Crippen molar-refractivity contribution in [2.45, 2.75) is 6.92 Å². The topological polar surface area (TPSA) is 67.2 Å². The highest BCUT2D eigenvalue weighted by Crippen LogP contribution is 2.22. The Labute approximate surface area is 111 Å². The lowest BCUT2D eigenvalue weighted by Crippen LogP contribution is -2.29. The Morgan fingerprint density at radius 1 is 1.53 bits per heavy atom. The molecule has 0 atom stereocenters. The van der Waals surface area contributed by atoms with Gasteiger partial charge < -0.3 is 16.4 Å². The number of thiocarbonyl (C=S) groups is 1. The molecule has 0 aliphatic rings.